The lowest BCUT2D eigenvalue weighted by atomic mass is 10.4. The summed E-state index contributed by atoms with van der Waals surface area (Å²) in [5.41, 5.74) is 0. The van der Waals surface area contributed by atoms with Crippen LogP contribution in [-0.2, 0) is 0 Å². The predicted molar refractivity (Wildman–Crippen MR) is 93.8 cm³/mol. The molecule has 1 aromatic carbocycles. The van der Waals surface area contributed by atoms with Gasteiger partial charge in [0.05, 0.1) is 0 Å². The van der Waals surface area contributed by atoms with Gasteiger partial charge in [-0.1, -0.05) is 111 Å². The standard InChI is InChI=1S/C6H6.10CH4/c1-2-4-6-5-3-1;;;;;;;;;;/h1-6H;10*1H4. The third-order valence-electron chi connectivity index (χ3n) is 0.667. The van der Waals surface area contributed by atoms with E-state index in [-0.39, 0.29) is 74.3 Å². The van der Waals surface area contributed by atoms with E-state index in [1.54, 1.807) is 0 Å². The molecular weight excluding hydrogens is 192 g/mol. The van der Waals surface area contributed by atoms with Gasteiger partial charge in [0.25, 0.3) is 0 Å². The van der Waals surface area contributed by atoms with E-state index < -0.39 is 0 Å². The van der Waals surface area contributed by atoms with Gasteiger partial charge in [-0.05, 0) is 0 Å². The lowest BCUT2D eigenvalue weighted by Crippen LogP contribution is -1.47. The summed E-state index contributed by atoms with van der Waals surface area (Å²) in [4.78, 5) is 0. The lowest BCUT2D eigenvalue weighted by Gasteiger charge is -1.69. The van der Waals surface area contributed by atoms with Gasteiger partial charge in [-0.2, -0.15) is 0 Å². The van der Waals surface area contributed by atoms with Gasteiger partial charge >= 0.3 is 0 Å². The third-order valence-corrected chi connectivity index (χ3v) is 0.667. The van der Waals surface area contributed by atoms with E-state index in [4.69, 9.17) is 0 Å². The fourth-order valence-electron chi connectivity index (χ4n) is 0.385. The fraction of sp³-hybridized carbons (Fsp3) is 0.625. The Kier molecular flexibility index (Phi) is 644. The number of rotatable bonds is 0. The number of benzene rings is 1. The highest BCUT2D eigenvalue weighted by atomic mass is 13.6. The first kappa shape index (κ1) is 113. The van der Waals surface area contributed by atoms with Crippen molar-refractivity contribution in [2.75, 3.05) is 0 Å². The van der Waals surface area contributed by atoms with Crippen molar-refractivity contribution in [1.82, 2.24) is 0 Å². The molecule has 0 aromatic heterocycles. The van der Waals surface area contributed by atoms with Crippen LogP contribution >= 0.6 is 0 Å². The van der Waals surface area contributed by atoms with Crippen LogP contribution in [0, 0.1) is 0 Å². The average molecular weight is 239 g/mol. The van der Waals surface area contributed by atoms with E-state index in [0.717, 1.165) is 0 Å². The summed E-state index contributed by atoms with van der Waals surface area (Å²) < 4.78 is 0. The summed E-state index contributed by atoms with van der Waals surface area (Å²) in [5, 5.41) is 0. The molecule has 0 heterocycles. The normalized spacial score (nSPS) is 3.00. The van der Waals surface area contributed by atoms with Gasteiger partial charge in [0.1, 0.15) is 0 Å². The summed E-state index contributed by atoms with van der Waals surface area (Å²) in [7, 11) is 0. The predicted octanol–water partition coefficient (Wildman–Crippen LogP) is 8.05. The molecule has 0 saturated carbocycles. The van der Waals surface area contributed by atoms with Crippen molar-refractivity contribution in [3.8, 4) is 0 Å². The summed E-state index contributed by atoms with van der Waals surface area (Å²) in [6.07, 6.45) is 0. The summed E-state index contributed by atoms with van der Waals surface area (Å²) in [6, 6.07) is 12.0. The number of hydrogen-bond donors (Lipinski definition) is 0. The molecule has 0 spiro atoms. The quantitative estimate of drug-likeness (QED) is 0.429. The Labute approximate surface area is 111 Å². The summed E-state index contributed by atoms with van der Waals surface area (Å²) in [5.74, 6) is 0. The molecule has 16 heavy (non-hydrogen) atoms. The smallest absolute Gasteiger partial charge is 0.0623 e. The zero-order valence-corrected chi connectivity index (χ0v) is 3.46. The van der Waals surface area contributed by atoms with Gasteiger partial charge in [0.15, 0.2) is 0 Å². The zero-order chi connectivity index (χ0) is 4.24. The third kappa shape index (κ3) is 72.4. The van der Waals surface area contributed by atoms with Crippen LogP contribution in [0.5, 0.6) is 0 Å². The SMILES string of the molecule is C.C.C.C.C.C.C.C.C.C.c1ccccc1. The first-order valence-electron chi connectivity index (χ1n) is 2.00. The molecule has 0 heteroatoms. The van der Waals surface area contributed by atoms with Crippen LogP contribution in [0.15, 0.2) is 36.4 Å². The van der Waals surface area contributed by atoms with E-state index in [1.807, 2.05) is 36.4 Å². The second kappa shape index (κ2) is 91.2. The fourth-order valence-corrected chi connectivity index (χ4v) is 0.385. The molecule has 0 atom stereocenters. The van der Waals surface area contributed by atoms with Crippen molar-refractivity contribution in [3.05, 3.63) is 36.4 Å². The lowest BCUT2D eigenvalue weighted by molar-refractivity contribution is 1.72. The van der Waals surface area contributed by atoms with Crippen LogP contribution in [0.2, 0.25) is 0 Å². The highest BCUT2D eigenvalue weighted by molar-refractivity contribution is 4.99. The molecule has 1 aromatic rings. The topological polar surface area (TPSA) is 0 Å². The molecule has 0 aliphatic carbocycles. The minimum Gasteiger partial charge on any atom is -0.0776 e. The van der Waals surface area contributed by atoms with Crippen molar-refractivity contribution in [3.63, 3.8) is 0 Å². The highest BCUT2D eigenvalue weighted by Gasteiger charge is 1.57. The van der Waals surface area contributed by atoms with Crippen LogP contribution in [0.1, 0.15) is 74.3 Å². The molecule has 0 bridgehead atoms. The number of hydrogen-bond acceptors (Lipinski definition) is 0. The Bertz CT molecular complexity index is 72.0. The van der Waals surface area contributed by atoms with Gasteiger partial charge in [-0.15, -0.1) is 0 Å². The Hall–Kier alpha value is -0.780. The molecule has 0 unspecified atom stereocenters. The van der Waals surface area contributed by atoms with Gasteiger partial charge in [-0.25, -0.2) is 0 Å². The van der Waals surface area contributed by atoms with Gasteiger partial charge < -0.3 is 0 Å². The molecular formula is C16H46. The minimum absolute atomic E-state index is 0. The van der Waals surface area contributed by atoms with Gasteiger partial charge in [0.2, 0.25) is 0 Å². The highest BCUT2D eigenvalue weighted by Crippen LogP contribution is 1.79. The van der Waals surface area contributed by atoms with Crippen LogP contribution in [0.3, 0.4) is 0 Å². The van der Waals surface area contributed by atoms with Crippen molar-refractivity contribution in [2.45, 2.75) is 74.3 Å². The molecule has 0 aliphatic heterocycles. The molecule has 0 nitrogen and oxygen atoms in total. The Morgan fingerprint density at radius 3 is 0.312 bits per heavy atom. The summed E-state index contributed by atoms with van der Waals surface area (Å²) >= 11 is 0. The monoisotopic (exact) mass is 238 g/mol. The maximum absolute atomic E-state index is 2.00. The maximum Gasteiger partial charge on any atom is -0.0623 e. The van der Waals surface area contributed by atoms with E-state index in [9.17, 15) is 0 Å². The second-order valence-corrected chi connectivity index (χ2v) is 1.15. The first-order chi connectivity index (χ1) is 3.00. The molecule has 110 valence electrons. The maximum atomic E-state index is 2.00. The Balaban J connectivity index is -0.00000000450. The van der Waals surface area contributed by atoms with Crippen LogP contribution in [0.4, 0.5) is 0 Å². The largest absolute Gasteiger partial charge is 0.0776 e. The average Bonchev–Trinajstić information content (AvgIpc) is 1.72. The van der Waals surface area contributed by atoms with Crippen LogP contribution in [-0.4, -0.2) is 0 Å². The molecule has 0 amide bonds. The van der Waals surface area contributed by atoms with Crippen molar-refractivity contribution in [2.24, 2.45) is 0 Å². The van der Waals surface area contributed by atoms with Crippen LogP contribution in [0.25, 0.3) is 0 Å². The Morgan fingerprint density at radius 1 is 0.188 bits per heavy atom. The van der Waals surface area contributed by atoms with E-state index in [1.165, 1.54) is 0 Å². The van der Waals surface area contributed by atoms with Crippen molar-refractivity contribution < 1.29 is 0 Å². The van der Waals surface area contributed by atoms with Crippen molar-refractivity contribution in [1.29, 1.82) is 0 Å². The molecule has 0 radical (unpaired) electrons. The van der Waals surface area contributed by atoms with Gasteiger partial charge in [0, 0.05) is 0 Å². The molecule has 0 aliphatic rings. The Morgan fingerprint density at radius 2 is 0.250 bits per heavy atom. The molecule has 0 saturated heterocycles. The van der Waals surface area contributed by atoms with Gasteiger partial charge in [-0.3, -0.25) is 0 Å². The van der Waals surface area contributed by atoms with E-state index in [0.29, 0.717) is 0 Å². The molecule has 1 rings (SSSR count). The van der Waals surface area contributed by atoms with E-state index >= 15 is 0 Å². The zero-order valence-electron chi connectivity index (χ0n) is 3.46. The first-order valence-corrected chi connectivity index (χ1v) is 2.00. The molecule has 0 fully saturated rings. The van der Waals surface area contributed by atoms with Crippen LogP contribution < -0.4 is 0 Å². The van der Waals surface area contributed by atoms with Crippen molar-refractivity contribution >= 4 is 0 Å². The summed E-state index contributed by atoms with van der Waals surface area (Å²) in [6.45, 7) is 0. The molecule has 0 N–H and O–H groups in total. The van der Waals surface area contributed by atoms with E-state index in [2.05, 4.69) is 0 Å². The minimum atomic E-state index is 0. The second-order valence-electron chi connectivity index (χ2n) is 1.15.